The Hall–Kier alpha value is -6.58. The Morgan fingerprint density at radius 2 is 0.855 bits per heavy atom. The van der Waals surface area contributed by atoms with Crippen molar-refractivity contribution < 1.29 is 8.83 Å². The lowest BCUT2D eigenvalue weighted by Crippen LogP contribution is -2.18. The minimum Gasteiger partial charge on any atom is -0.455 e. The SMILES string of the molecule is CC1(C)c2ccccc2-c2ccc(N(c3ccc4c(c3)C(C)(C)c3ccccc3-4)c3cccc4c5oc6ccccc6c5c5oc6ccccc6c5c34)cc21. The number of nitrogens with zero attached hydrogens (tertiary/aromatic N) is 1. The van der Waals surface area contributed by atoms with E-state index >= 15 is 0 Å². The molecule has 2 heterocycles. The molecule has 3 heteroatoms. The van der Waals surface area contributed by atoms with E-state index in [2.05, 4.69) is 178 Å². The van der Waals surface area contributed by atoms with Crippen LogP contribution in [0.15, 0.2) is 160 Å². The van der Waals surface area contributed by atoms with Crippen LogP contribution >= 0.6 is 0 Å². The maximum absolute atomic E-state index is 6.86. The summed E-state index contributed by atoms with van der Waals surface area (Å²) >= 11 is 0. The van der Waals surface area contributed by atoms with Crippen molar-refractivity contribution in [2.24, 2.45) is 0 Å². The van der Waals surface area contributed by atoms with Gasteiger partial charge in [-0.1, -0.05) is 137 Å². The molecule has 0 amide bonds. The van der Waals surface area contributed by atoms with E-state index in [1.165, 1.54) is 44.5 Å². The lowest BCUT2D eigenvalue weighted by Gasteiger charge is -2.30. The predicted molar refractivity (Wildman–Crippen MR) is 228 cm³/mol. The summed E-state index contributed by atoms with van der Waals surface area (Å²) in [6, 6.07) is 55.4. The van der Waals surface area contributed by atoms with Crippen molar-refractivity contribution in [2.45, 2.75) is 38.5 Å². The van der Waals surface area contributed by atoms with E-state index in [0.717, 1.165) is 71.7 Å². The van der Waals surface area contributed by atoms with Gasteiger partial charge in [0.25, 0.3) is 0 Å². The summed E-state index contributed by atoms with van der Waals surface area (Å²) in [4.78, 5) is 2.48. The molecule has 55 heavy (non-hydrogen) atoms. The molecule has 3 nitrogen and oxygen atoms in total. The molecular weight excluding hydrogens is 671 g/mol. The molecule has 0 fully saturated rings. The smallest absolute Gasteiger partial charge is 0.147 e. The standard InChI is InChI=1S/C52H37NO2/c1-51(2)39-19-9-5-14-32(39)34-26-24-30(28-41(34)51)53(31-25-27-35-33-15-6-10-20-40(33)52(3,4)42(35)29-31)43-21-13-18-38-46(43)47-36-16-7-11-22-44(36)55-50(47)48-37-17-8-12-23-45(37)54-49(38)48/h5-29H,1-4H3. The van der Waals surface area contributed by atoms with E-state index in [9.17, 15) is 0 Å². The van der Waals surface area contributed by atoms with Gasteiger partial charge in [0.05, 0.1) is 11.1 Å². The van der Waals surface area contributed by atoms with E-state index in [-0.39, 0.29) is 10.8 Å². The predicted octanol–water partition coefficient (Wildman–Crippen LogP) is 14.7. The zero-order valence-corrected chi connectivity index (χ0v) is 31.2. The van der Waals surface area contributed by atoms with Crippen LogP contribution in [0.4, 0.5) is 17.1 Å². The summed E-state index contributed by atoms with van der Waals surface area (Å²) in [5.74, 6) is 0. The van der Waals surface area contributed by atoms with Crippen LogP contribution in [-0.4, -0.2) is 0 Å². The maximum Gasteiger partial charge on any atom is 0.147 e. The van der Waals surface area contributed by atoms with Crippen LogP contribution in [-0.2, 0) is 10.8 Å². The summed E-state index contributed by atoms with van der Waals surface area (Å²) in [5.41, 5.74) is 17.1. The average molecular weight is 708 g/mol. The molecule has 0 spiro atoms. The van der Waals surface area contributed by atoms with Crippen LogP contribution in [0, 0.1) is 0 Å². The third kappa shape index (κ3) is 3.95. The lowest BCUT2D eigenvalue weighted by molar-refractivity contribution is 0.660. The van der Waals surface area contributed by atoms with Gasteiger partial charge < -0.3 is 13.7 Å². The molecule has 0 saturated heterocycles. The van der Waals surface area contributed by atoms with Gasteiger partial charge >= 0.3 is 0 Å². The van der Waals surface area contributed by atoms with Crippen molar-refractivity contribution in [3.8, 4) is 22.3 Å². The Morgan fingerprint density at radius 3 is 1.45 bits per heavy atom. The summed E-state index contributed by atoms with van der Waals surface area (Å²) < 4.78 is 13.6. The van der Waals surface area contributed by atoms with Crippen LogP contribution in [0.5, 0.6) is 0 Å². The Labute approximate surface area is 319 Å². The summed E-state index contributed by atoms with van der Waals surface area (Å²) in [6.45, 7) is 9.44. The molecule has 262 valence electrons. The molecule has 2 aliphatic carbocycles. The number of fused-ring (bicyclic) bond motifs is 16. The molecule has 0 atom stereocenters. The molecule has 0 N–H and O–H groups in total. The minimum atomic E-state index is -0.150. The van der Waals surface area contributed by atoms with Crippen molar-refractivity contribution in [1.82, 2.24) is 0 Å². The number of furan rings is 2. The molecule has 0 unspecified atom stereocenters. The third-order valence-corrected chi connectivity index (χ3v) is 12.8. The third-order valence-electron chi connectivity index (χ3n) is 12.8. The monoisotopic (exact) mass is 707 g/mol. The van der Waals surface area contributed by atoms with Crippen molar-refractivity contribution in [1.29, 1.82) is 0 Å². The van der Waals surface area contributed by atoms with E-state index in [0.29, 0.717) is 0 Å². The second kappa shape index (κ2) is 10.5. The van der Waals surface area contributed by atoms with Crippen LogP contribution < -0.4 is 4.90 Å². The van der Waals surface area contributed by atoms with Gasteiger partial charge in [0.15, 0.2) is 0 Å². The molecule has 2 aliphatic rings. The zero-order valence-electron chi connectivity index (χ0n) is 31.2. The Balaban J connectivity index is 1.21. The first-order chi connectivity index (χ1) is 26.8. The molecule has 2 aromatic heterocycles. The number of hydrogen-bond acceptors (Lipinski definition) is 3. The zero-order chi connectivity index (χ0) is 36.8. The van der Waals surface area contributed by atoms with Crippen LogP contribution in [0.1, 0.15) is 49.9 Å². The lowest BCUT2D eigenvalue weighted by atomic mass is 9.82. The molecule has 0 saturated carbocycles. The molecule has 0 aliphatic heterocycles. The molecule has 10 aromatic rings. The fraction of sp³-hybridized carbons (Fsp3) is 0.115. The van der Waals surface area contributed by atoms with Gasteiger partial charge in [-0.25, -0.2) is 0 Å². The highest BCUT2D eigenvalue weighted by molar-refractivity contribution is 6.36. The molecule has 12 rings (SSSR count). The normalized spacial score (nSPS) is 14.8. The highest BCUT2D eigenvalue weighted by Crippen LogP contribution is 2.55. The average Bonchev–Trinajstić information content (AvgIpc) is 3.91. The molecule has 0 radical (unpaired) electrons. The topological polar surface area (TPSA) is 29.5 Å². The fourth-order valence-corrected chi connectivity index (χ4v) is 10.2. The fourth-order valence-electron chi connectivity index (χ4n) is 10.2. The highest BCUT2D eigenvalue weighted by Gasteiger charge is 2.38. The van der Waals surface area contributed by atoms with Crippen molar-refractivity contribution in [3.05, 3.63) is 174 Å². The van der Waals surface area contributed by atoms with Gasteiger partial charge in [-0.05, 0) is 87.0 Å². The van der Waals surface area contributed by atoms with Gasteiger partial charge in [-0.2, -0.15) is 0 Å². The summed E-state index contributed by atoms with van der Waals surface area (Å²) in [6.07, 6.45) is 0. The van der Waals surface area contributed by atoms with Gasteiger partial charge in [0.2, 0.25) is 0 Å². The number of anilines is 3. The number of hydrogen-bond donors (Lipinski definition) is 0. The molecule has 8 aromatic carbocycles. The van der Waals surface area contributed by atoms with Gasteiger partial charge in [0.1, 0.15) is 22.3 Å². The number of para-hydroxylation sites is 2. The van der Waals surface area contributed by atoms with Crippen LogP contribution in [0.25, 0.3) is 76.9 Å². The van der Waals surface area contributed by atoms with Crippen molar-refractivity contribution >= 4 is 71.7 Å². The summed E-state index contributed by atoms with van der Waals surface area (Å²) in [5, 5.41) is 6.46. The Kier molecular flexibility index (Phi) is 5.91. The number of rotatable bonds is 3. The first-order valence-electron chi connectivity index (χ1n) is 19.3. The Morgan fingerprint density at radius 1 is 0.382 bits per heavy atom. The number of benzene rings is 8. The van der Waals surface area contributed by atoms with Crippen LogP contribution in [0.3, 0.4) is 0 Å². The van der Waals surface area contributed by atoms with Crippen molar-refractivity contribution in [3.63, 3.8) is 0 Å². The van der Waals surface area contributed by atoms with Crippen molar-refractivity contribution in [2.75, 3.05) is 4.90 Å². The Bertz CT molecular complexity index is 3170. The van der Waals surface area contributed by atoms with Gasteiger partial charge in [-0.15, -0.1) is 0 Å². The largest absolute Gasteiger partial charge is 0.455 e. The van der Waals surface area contributed by atoms with E-state index in [4.69, 9.17) is 8.83 Å². The molecule has 0 bridgehead atoms. The van der Waals surface area contributed by atoms with Gasteiger partial charge in [-0.3, -0.25) is 0 Å². The highest BCUT2D eigenvalue weighted by atomic mass is 16.3. The first kappa shape index (κ1) is 30.8. The maximum atomic E-state index is 6.86. The van der Waals surface area contributed by atoms with Crippen LogP contribution in [0.2, 0.25) is 0 Å². The second-order valence-electron chi connectivity index (χ2n) is 16.4. The second-order valence-corrected chi connectivity index (χ2v) is 16.4. The van der Waals surface area contributed by atoms with E-state index in [1.807, 2.05) is 6.07 Å². The minimum absolute atomic E-state index is 0.150. The first-order valence-corrected chi connectivity index (χ1v) is 19.3. The van der Waals surface area contributed by atoms with E-state index < -0.39 is 0 Å². The summed E-state index contributed by atoms with van der Waals surface area (Å²) in [7, 11) is 0. The van der Waals surface area contributed by atoms with E-state index in [1.54, 1.807) is 0 Å². The quantitative estimate of drug-likeness (QED) is 0.183. The van der Waals surface area contributed by atoms with Gasteiger partial charge in [0, 0.05) is 49.1 Å². The molecular formula is C52H37NO2.